The highest BCUT2D eigenvalue weighted by Crippen LogP contribution is 2.14. The fraction of sp³-hybridized carbons (Fsp3) is 0.562. The van der Waals surface area contributed by atoms with Gasteiger partial charge in [0.15, 0.2) is 0 Å². The molecule has 0 aliphatic heterocycles. The third kappa shape index (κ3) is 7.76. The molecule has 0 unspecified atom stereocenters. The second-order valence-electron chi connectivity index (χ2n) is 5.89. The Bertz CT molecular complexity index is 615. The average Bonchev–Trinajstić information content (AvgIpc) is 2.50. The van der Waals surface area contributed by atoms with Gasteiger partial charge in [0.25, 0.3) is 0 Å². The minimum atomic E-state index is -3.48. The largest absolute Gasteiger partial charge is 0.497 e. The topological polar surface area (TPSA) is 79.0 Å². The van der Waals surface area contributed by atoms with Crippen LogP contribution in [-0.4, -0.2) is 70.6 Å². The van der Waals surface area contributed by atoms with Crippen molar-refractivity contribution in [1.82, 2.24) is 14.5 Å². The van der Waals surface area contributed by atoms with E-state index in [0.29, 0.717) is 12.3 Å². The molecule has 0 saturated carbocycles. The summed E-state index contributed by atoms with van der Waals surface area (Å²) >= 11 is 0. The number of nitrogens with zero attached hydrogens (tertiary/aromatic N) is 2. The number of methoxy groups -OCH3 is 1. The predicted octanol–water partition coefficient (Wildman–Crippen LogP) is 0.525. The first-order valence-electron chi connectivity index (χ1n) is 7.72. The number of nitrogens with one attached hydrogen (secondary N) is 1. The first kappa shape index (κ1) is 20.4. The molecule has 136 valence electrons. The van der Waals surface area contributed by atoms with Crippen molar-refractivity contribution in [3.8, 4) is 5.75 Å². The molecule has 1 rings (SSSR count). The fourth-order valence-corrected chi connectivity index (χ4v) is 2.80. The molecule has 0 aliphatic rings. The fourth-order valence-electron chi connectivity index (χ4n) is 2.06. The lowest BCUT2D eigenvalue weighted by atomic mass is 10.2. The molecule has 8 heteroatoms. The monoisotopic (exact) mass is 357 g/mol. The molecule has 0 radical (unpaired) electrons. The van der Waals surface area contributed by atoms with Gasteiger partial charge in [-0.15, -0.1) is 0 Å². The normalized spacial score (nSPS) is 11.8. The molecule has 0 aliphatic carbocycles. The quantitative estimate of drug-likeness (QED) is 0.618. The van der Waals surface area contributed by atoms with Crippen LogP contribution in [0.2, 0.25) is 0 Å². The number of ether oxygens (including phenoxy) is 1. The lowest BCUT2D eigenvalue weighted by Gasteiger charge is -2.20. The molecular formula is C16H27N3O4S. The maximum Gasteiger partial charge on any atom is 0.235 e. The summed E-state index contributed by atoms with van der Waals surface area (Å²) in [4.78, 5) is 14.0. The Labute approximate surface area is 144 Å². The second kappa shape index (κ2) is 9.61. The summed E-state index contributed by atoms with van der Waals surface area (Å²) in [6, 6.07) is 7.09. The van der Waals surface area contributed by atoms with Crippen molar-refractivity contribution in [3.63, 3.8) is 0 Å². The van der Waals surface area contributed by atoms with Crippen LogP contribution in [-0.2, 0) is 21.4 Å². The Morgan fingerprint density at radius 1 is 1.21 bits per heavy atom. The van der Waals surface area contributed by atoms with Crippen molar-refractivity contribution in [3.05, 3.63) is 29.8 Å². The van der Waals surface area contributed by atoms with Gasteiger partial charge in [0.05, 0.1) is 19.9 Å². The third-order valence-corrected chi connectivity index (χ3v) is 4.61. The SMILES string of the molecule is COc1ccc(CN(CC(=O)NCCCN(C)C)S(C)(=O)=O)cc1. The van der Waals surface area contributed by atoms with Crippen LogP contribution in [0.3, 0.4) is 0 Å². The summed E-state index contributed by atoms with van der Waals surface area (Å²) in [6.45, 7) is 1.35. The Morgan fingerprint density at radius 3 is 2.33 bits per heavy atom. The summed E-state index contributed by atoms with van der Waals surface area (Å²) in [7, 11) is 2.00. The highest BCUT2D eigenvalue weighted by atomic mass is 32.2. The minimum absolute atomic E-state index is 0.147. The molecule has 24 heavy (non-hydrogen) atoms. The van der Waals surface area contributed by atoms with Crippen LogP contribution in [0.25, 0.3) is 0 Å². The number of hydrogen-bond acceptors (Lipinski definition) is 5. The average molecular weight is 357 g/mol. The zero-order valence-electron chi connectivity index (χ0n) is 14.8. The van der Waals surface area contributed by atoms with Gasteiger partial charge in [0.1, 0.15) is 5.75 Å². The van der Waals surface area contributed by atoms with E-state index in [1.165, 1.54) is 0 Å². The van der Waals surface area contributed by atoms with Gasteiger partial charge in [-0.05, 0) is 44.8 Å². The van der Waals surface area contributed by atoms with Crippen LogP contribution in [0.4, 0.5) is 0 Å². The lowest BCUT2D eigenvalue weighted by Crippen LogP contribution is -2.40. The molecular weight excluding hydrogens is 330 g/mol. The molecule has 1 amide bonds. The van der Waals surface area contributed by atoms with Crippen LogP contribution in [0.15, 0.2) is 24.3 Å². The van der Waals surface area contributed by atoms with Gasteiger partial charge in [-0.1, -0.05) is 12.1 Å². The molecule has 1 N–H and O–H groups in total. The summed E-state index contributed by atoms with van der Waals surface area (Å²) in [6.07, 6.45) is 1.92. The van der Waals surface area contributed by atoms with Crippen LogP contribution in [0.5, 0.6) is 5.75 Å². The number of benzene rings is 1. The molecule has 0 spiro atoms. The Kier molecular flexibility index (Phi) is 8.17. The zero-order valence-corrected chi connectivity index (χ0v) is 15.6. The summed E-state index contributed by atoms with van der Waals surface area (Å²) < 4.78 is 30.1. The molecule has 0 bridgehead atoms. The van der Waals surface area contributed by atoms with Gasteiger partial charge in [-0.25, -0.2) is 8.42 Å². The second-order valence-corrected chi connectivity index (χ2v) is 7.87. The number of carbonyl (C=O) groups excluding carboxylic acids is 1. The van der Waals surface area contributed by atoms with Crippen molar-refractivity contribution in [2.24, 2.45) is 0 Å². The first-order chi connectivity index (χ1) is 11.2. The van der Waals surface area contributed by atoms with Crippen LogP contribution in [0, 0.1) is 0 Å². The van der Waals surface area contributed by atoms with Crippen molar-refractivity contribution in [2.45, 2.75) is 13.0 Å². The van der Waals surface area contributed by atoms with Crippen LogP contribution < -0.4 is 10.1 Å². The van der Waals surface area contributed by atoms with E-state index in [1.807, 2.05) is 19.0 Å². The smallest absolute Gasteiger partial charge is 0.235 e. The van der Waals surface area contributed by atoms with E-state index in [2.05, 4.69) is 5.32 Å². The van der Waals surface area contributed by atoms with E-state index in [9.17, 15) is 13.2 Å². The molecule has 1 aromatic rings. The summed E-state index contributed by atoms with van der Waals surface area (Å²) in [5.74, 6) is 0.399. The van der Waals surface area contributed by atoms with E-state index < -0.39 is 10.0 Å². The van der Waals surface area contributed by atoms with E-state index in [4.69, 9.17) is 4.74 Å². The van der Waals surface area contributed by atoms with Crippen molar-refractivity contribution in [2.75, 3.05) is 47.1 Å². The summed E-state index contributed by atoms with van der Waals surface area (Å²) in [5, 5.41) is 2.75. The van der Waals surface area contributed by atoms with Gasteiger partial charge in [0.2, 0.25) is 15.9 Å². The highest BCUT2D eigenvalue weighted by Gasteiger charge is 2.20. The van der Waals surface area contributed by atoms with Gasteiger partial charge < -0.3 is 15.0 Å². The molecule has 1 aromatic carbocycles. The maximum absolute atomic E-state index is 12.0. The number of carbonyl (C=O) groups is 1. The standard InChI is InChI=1S/C16H27N3O4S/c1-18(2)11-5-10-17-16(20)13-19(24(4,21)22)12-14-6-8-15(23-3)9-7-14/h6-9H,5,10-13H2,1-4H3,(H,17,20). The van der Waals surface area contributed by atoms with Crippen molar-refractivity contribution < 1.29 is 17.9 Å². The van der Waals surface area contributed by atoms with Crippen LogP contribution >= 0.6 is 0 Å². The molecule has 0 aromatic heterocycles. The molecule has 0 saturated heterocycles. The first-order valence-corrected chi connectivity index (χ1v) is 9.56. The number of amides is 1. The van der Waals surface area contributed by atoms with Crippen molar-refractivity contribution >= 4 is 15.9 Å². The number of sulfonamides is 1. The van der Waals surface area contributed by atoms with E-state index in [1.54, 1.807) is 31.4 Å². The van der Waals surface area contributed by atoms with Gasteiger partial charge >= 0.3 is 0 Å². The van der Waals surface area contributed by atoms with Crippen molar-refractivity contribution in [1.29, 1.82) is 0 Å². The lowest BCUT2D eigenvalue weighted by molar-refractivity contribution is -0.121. The van der Waals surface area contributed by atoms with Gasteiger partial charge in [-0.3, -0.25) is 4.79 Å². The molecule has 0 heterocycles. The number of rotatable bonds is 10. The van der Waals surface area contributed by atoms with Gasteiger partial charge in [0, 0.05) is 13.1 Å². The third-order valence-electron chi connectivity index (χ3n) is 3.41. The Morgan fingerprint density at radius 2 is 1.83 bits per heavy atom. The molecule has 0 fully saturated rings. The maximum atomic E-state index is 12.0. The Hall–Kier alpha value is -1.64. The molecule has 0 atom stereocenters. The van der Waals surface area contributed by atoms with E-state index in [0.717, 1.165) is 29.1 Å². The van der Waals surface area contributed by atoms with Gasteiger partial charge in [-0.2, -0.15) is 4.31 Å². The van der Waals surface area contributed by atoms with E-state index in [-0.39, 0.29) is 19.0 Å². The van der Waals surface area contributed by atoms with E-state index >= 15 is 0 Å². The van der Waals surface area contributed by atoms with Crippen LogP contribution in [0.1, 0.15) is 12.0 Å². The number of hydrogen-bond donors (Lipinski definition) is 1. The minimum Gasteiger partial charge on any atom is -0.497 e. The Balaban J connectivity index is 2.60. The summed E-state index contributed by atoms with van der Waals surface area (Å²) in [5.41, 5.74) is 0.793. The molecule has 7 nitrogen and oxygen atoms in total. The zero-order chi connectivity index (χ0) is 18.2. The highest BCUT2D eigenvalue weighted by molar-refractivity contribution is 7.88. The predicted molar refractivity (Wildman–Crippen MR) is 94.4 cm³/mol.